The van der Waals surface area contributed by atoms with Crippen LogP contribution in [0.2, 0.25) is 0 Å². The number of carbonyl (C=O) groups is 5. The van der Waals surface area contributed by atoms with Crippen molar-refractivity contribution < 1.29 is 33.4 Å². The number of ether oxygens (including phenoxy) is 2. The molecule has 4 rings (SSSR count). The summed E-state index contributed by atoms with van der Waals surface area (Å²) in [6.07, 6.45) is 7.29. The molecule has 2 fully saturated rings. The number of carbonyl (C=O) groups excluding carboxylic acids is 5. The molecule has 3 aliphatic heterocycles. The van der Waals surface area contributed by atoms with Gasteiger partial charge in [0.15, 0.2) is 0 Å². The van der Waals surface area contributed by atoms with Crippen LogP contribution in [0, 0.1) is 0 Å². The maximum absolute atomic E-state index is 13.1. The number of likely N-dealkylation sites (tertiary alicyclic amines) is 1. The van der Waals surface area contributed by atoms with Gasteiger partial charge in [-0.25, -0.2) is 0 Å². The van der Waals surface area contributed by atoms with Crippen LogP contribution >= 0.6 is 0 Å². The lowest BCUT2D eigenvalue weighted by Crippen LogP contribution is -2.54. The number of rotatable bonds is 16. The summed E-state index contributed by atoms with van der Waals surface area (Å²) >= 11 is 0. The SMILES string of the molecule is N/C(=C\NCCOCCOCCNc1cccc2c1C(=O)N(C1CCC(=O)NC1=O)C2=O)CCCC(=O)N1CCCCC1. The summed E-state index contributed by atoms with van der Waals surface area (Å²) < 4.78 is 11.2. The Labute approximate surface area is 251 Å². The van der Waals surface area contributed by atoms with Gasteiger partial charge in [0.25, 0.3) is 11.8 Å². The molecule has 1 unspecified atom stereocenters. The molecular weight excluding hydrogens is 556 g/mol. The summed E-state index contributed by atoms with van der Waals surface area (Å²) in [6, 6.07) is 3.92. The van der Waals surface area contributed by atoms with Crippen molar-refractivity contribution >= 4 is 35.2 Å². The monoisotopic (exact) mass is 598 g/mol. The number of hydrogen-bond donors (Lipinski definition) is 4. The summed E-state index contributed by atoms with van der Waals surface area (Å²) in [5, 5.41) is 8.45. The van der Waals surface area contributed by atoms with Crippen LogP contribution in [0.3, 0.4) is 0 Å². The molecule has 0 spiro atoms. The predicted octanol–water partition coefficient (Wildman–Crippen LogP) is 1.11. The molecule has 5 amide bonds. The van der Waals surface area contributed by atoms with Gasteiger partial charge in [0, 0.05) is 56.6 Å². The molecule has 0 aliphatic carbocycles. The first kappa shape index (κ1) is 32.0. The highest BCUT2D eigenvalue weighted by atomic mass is 16.5. The van der Waals surface area contributed by atoms with Gasteiger partial charge in [-0.3, -0.25) is 34.2 Å². The quantitative estimate of drug-likeness (QED) is 0.159. The van der Waals surface area contributed by atoms with E-state index >= 15 is 0 Å². The fraction of sp³-hybridized carbons (Fsp3) is 0.567. The summed E-state index contributed by atoms with van der Waals surface area (Å²) in [7, 11) is 0. The number of allylic oxidation sites excluding steroid dienone is 1. The van der Waals surface area contributed by atoms with Crippen molar-refractivity contribution in [2.24, 2.45) is 5.73 Å². The Bertz CT molecular complexity index is 1210. The number of hydrogen-bond acceptors (Lipinski definition) is 10. The minimum absolute atomic E-state index is 0.0708. The van der Waals surface area contributed by atoms with Gasteiger partial charge in [-0.15, -0.1) is 0 Å². The molecule has 3 aliphatic rings. The summed E-state index contributed by atoms with van der Waals surface area (Å²) in [4.78, 5) is 64.9. The lowest BCUT2D eigenvalue weighted by molar-refractivity contribution is -0.136. The number of piperidine rings is 2. The number of imide groups is 2. The average Bonchev–Trinajstić information content (AvgIpc) is 3.26. The average molecular weight is 599 g/mol. The molecular formula is C30H42N6O7. The third-order valence-corrected chi connectivity index (χ3v) is 7.65. The van der Waals surface area contributed by atoms with Crippen LogP contribution in [0.1, 0.15) is 72.1 Å². The van der Waals surface area contributed by atoms with E-state index in [1.165, 1.54) is 6.42 Å². The van der Waals surface area contributed by atoms with Gasteiger partial charge in [0.05, 0.1) is 37.6 Å². The second-order valence-electron chi connectivity index (χ2n) is 10.8. The van der Waals surface area contributed by atoms with E-state index in [1.54, 1.807) is 24.4 Å². The summed E-state index contributed by atoms with van der Waals surface area (Å²) in [6.45, 7) is 4.37. The number of benzene rings is 1. The number of anilines is 1. The van der Waals surface area contributed by atoms with E-state index in [9.17, 15) is 24.0 Å². The fourth-order valence-corrected chi connectivity index (χ4v) is 5.39. The Morgan fingerprint density at radius 2 is 1.72 bits per heavy atom. The minimum Gasteiger partial charge on any atom is -0.401 e. The lowest BCUT2D eigenvalue weighted by Gasteiger charge is -2.27. The van der Waals surface area contributed by atoms with E-state index in [1.807, 2.05) is 4.90 Å². The molecule has 43 heavy (non-hydrogen) atoms. The largest absolute Gasteiger partial charge is 0.401 e. The zero-order valence-corrected chi connectivity index (χ0v) is 24.5. The Kier molecular flexibility index (Phi) is 11.9. The molecule has 234 valence electrons. The number of nitrogens with one attached hydrogen (secondary N) is 3. The van der Waals surface area contributed by atoms with Gasteiger partial charge in [0.2, 0.25) is 17.7 Å². The molecule has 3 heterocycles. The third-order valence-electron chi connectivity index (χ3n) is 7.65. The van der Waals surface area contributed by atoms with E-state index in [-0.39, 0.29) is 29.9 Å². The molecule has 0 saturated carbocycles. The van der Waals surface area contributed by atoms with E-state index in [2.05, 4.69) is 16.0 Å². The topological polar surface area (TPSA) is 172 Å². The standard InChI is InChI=1S/C30H42N6O7/c31-21(6-4-9-26(38)35-14-2-1-3-15-35)20-32-12-16-42-18-19-43-17-13-33-23-8-5-7-22-27(23)30(41)36(29(22)40)24-10-11-25(37)34-28(24)39/h5,7-8,20,24,32-33H,1-4,6,9-19,31H2,(H,34,37,39)/b21-20-. The highest BCUT2D eigenvalue weighted by Crippen LogP contribution is 2.32. The predicted molar refractivity (Wildman–Crippen MR) is 158 cm³/mol. The summed E-state index contributed by atoms with van der Waals surface area (Å²) in [5.41, 5.74) is 7.66. The molecule has 1 aromatic rings. The highest BCUT2D eigenvalue weighted by molar-refractivity contribution is 6.25. The second-order valence-corrected chi connectivity index (χ2v) is 10.8. The van der Waals surface area contributed by atoms with Crippen LogP contribution in [0.15, 0.2) is 30.1 Å². The molecule has 1 atom stereocenters. The van der Waals surface area contributed by atoms with Crippen LogP contribution in [0.25, 0.3) is 0 Å². The number of fused-ring (bicyclic) bond motifs is 1. The van der Waals surface area contributed by atoms with Crippen molar-refractivity contribution in [2.75, 3.05) is 57.9 Å². The number of nitrogens with two attached hydrogens (primary N) is 1. The van der Waals surface area contributed by atoms with Crippen molar-refractivity contribution in [3.8, 4) is 0 Å². The number of amides is 5. The molecule has 5 N–H and O–H groups in total. The van der Waals surface area contributed by atoms with Gasteiger partial charge in [-0.05, 0) is 50.7 Å². The van der Waals surface area contributed by atoms with Crippen LogP contribution < -0.4 is 21.7 Å². The van der Waals surface area contributed by atoms with Crippen molar-refractivity contribution in [1.29, 1.82) is 0 Å². The van der Waals surface area contributed by atoms with Crippen molar-refractivity contribution in [1.82, 2.24) is 20.4 Å². The smallest absolute Gasteiger partial charge is 0.264 e. The van der Waals surface area contributed by atoms with Gasteiger partial charge < -0.3 is 30.7 Å². The van der Waals surface area contributed by atoms with Gasteiger partial charge in [-0.1, -0.05) is 6.07 Å². The second kappa shape index (κ2) is 16.0. The molecule has 13 nitrogen and oxygen atoms in total. The van der Waals surface area contributed by atoms with Crippen LogP contribution in [-0.4, -0.2) is 98.0 Å². The first-order valence-corrected chi connectivity index (χ1v) is 15.1. The van der Waals surface area contributed by atoms with Gasteiger partial charge in [-0.2, -0.15) is 0 Å². The van der Waals surface area contributed by atoms with E-state index < -0.39 is 29.7 Å². The van der Waals surface area contributed by atoms with Crippen molar-refractivity contribution in [3.63, 3.8) is 0 Å². The zero-order chi connectivity index (χ0) is 30.6. The minimum atomic E-state index is -1.00. The number of nitrogens with zero attached hydrogens (tertiary/aromatic N) is 2. The molecule has 0 bridgehead atoms. The van der Waals surface area contributed by atoms with E-state index in [0.717, 1.165) is 37.3 Å². The Balaban J connectivity index is 1.05. The maximum Gasteiger partial charge on any atom is 0.264 e. The third kappa shape index (κ3) is 8.77. The maximum atomic E-state index is 13.1. The van der Waals surface area contributed by atoms with Gasteiger partial charge >= 0.3 is 0 Å². The van der Waals surface area contributed by atoms with Gasteiger partial charge in [0.1, 0.15) is 6.04 Å². The fourth-order valence-electron chi connectivity index (χ4n) is 5.39. The van der Waals surface area contributed by atoms with Crippen LogP contribution in [-0.2, 0) is 23.9 Å². The van der Waals surface area contributed by atoms with Crippen LogP contribution in [0.5, 0.6) is 0 Å². The first-order chi connectivity index (χ1) is 20.9. The Morgan fingerprint density at radius 3 is 2.47 bits per heavy atom. The first-order valence-electron chi connectivity index (χ1n) is 15.1. The molecule has 0 aromatic heterocycles. The van der Waals surface area contributed by atoms with E-state index in [0.29, 0.717) is 63.7 Å². The Morgan fingerprint density at radius 1 is 0.977 bits per heavy atom. The van der Waals surface area contributed by atoms with Crippen molar-refractivity contribution in [2.45, 2.75) is 57.4 Å². The van der Waals surface area contributed by atoms with E-state index in [4.69, 9.17) is 15.2 Å². The summed E-state index contributed by atoms with van der Waals surface area (Å²) in [5.74, 6) is -1.93. The molecule has 0 radical (unpaired) electrons. The molecule has 1 aromatic carbocycles. The zero-order valence-electron chi connectivity index (χ0n) is 24.5. The Hall–Kier alpha value is -3.97. The normalized spacial score (nSPS) is 19.0. The highest BCUT2D eigenvalue weighted by Gasteiger charge is 2.45. The molecule has 13 heteroatoms. The lowest BCUT2D eigenvalue weighted by atomic mass is 10.0. The van der Waals surface area contributed by atoms with Crippen molar-refractivity contribution in [3.05, 3.63) is 41.2 Å². The van der Waals surface area contributed by atoms with Crippen LogP contribution in [0.4, 0.5) is 5.69 Å². The molecule has 2 saturated heterocycles.